The van der Waals surface area contributed by atoms with Gasteiger partial charge in [0.15, 0.2) is 5.82 Å². The second kappa shape index (κ2) is 5.44. The number of esters is 1. The highest BCUT2D eigenvalue weighted by atomic mass is 16.5. The minimum Gasteiger partial charge on any atom is -0.469 e. The van der Waals surface area contributed by atoms with E-state index in [2.05, 4.69) is 14.9 Å². The lowest BCUT2D eigenvalue weighted by molar-refractivity contribution is -0.140. The van der Waals surface area contributed by atoms with Gasteiger partial charge in [-0.25, -0.2) is 0 Å². The van der Waals surface area contributed by atoms with Crippen LogP contribution in [0.1, 0.15) is 6.42 Å². The molecule has 0 aliphatic rings. The summed E-state index contributed by atoms with van der Waals surface area (Å²) in [4.78, 5) is 13.0. The number of aromatic nitrogens is 2. The van der Waals surface area contributed by atoms with Gasteiger partial charge in [-0.2, -0.15) is 5.10 Å². The first-order valence-corrected chi connectivity index (χ1v) is 5.70. The Balaban J connectivity index is 2.22. The number of hydrogen-bond donors (Lipinski definition) is 0. The van der Waals surface area contributed by atoms with Crippen molar-refractivity contribution in [3.63, 3.8) is 0 Å². The highest BCUT2D eigenvalue weighted by Crippen LogP contribution is 2.22. The lowest BCUT2D eigenvalue weighted by atomic mass is 10.2. The van der Waals surface area contributed by atoms with Crippen molar-refractivity contribution < 1.29 is 9.53 Å². The highest BCUT2D eigenvalue weighted by molar-refractivity contribution is 5.91. The molecule has 5 nitrogen and oxygen atoms in total. The molecule has 0 unspecified atom stereocenters. The summed E-state index contributed by atoms with van der Waals surface area (Å²) >= 11 is 0. The summed E-state index contributed by atoms with van der Waals surface area (Å²) in [5.74, 6) is 0.548. The van der Waals surface area contributed by atoms with Crippen LogP contribution < -0.4 is 4.90 Å². The summed E-state index contributed by atoms with van der Waals surface area (Å²) < 4.78 is 4.62. The minimum atomic E-state index is -0.227. The molecule has 0 saturated carbocycles. The molecule has 0 N–H and O–H groups in total. The van der Waals surface area contributed by atoms with Crippen molar-refractivity contribution >= 4 is 22.6 Å². The molecule has 1 aromatic heterocycles. The summed E-state index contributed by atoms with van der Waals surface area (Å²) in [6, 6.07) is 7.90. The number of methoxy groups -OCH3 is 1. The van der Waals surface area contributed by atoms with Crippen molar-refractivity contribution in [1.82, 2.24) is 10.2 Å². The second-order valence-corrected chi connectivity index (χ2v) is 4.00. The van der Waals surface area contributed by atoms with Crippen LogP contribution in [0.2, 0.25) is 0 Å². The standard InChI is InChI=1S/C13H15N3O2/c1-16(8-7-12(17)18-2)13-11-6-4-3-5-10(11)9-14-15-13/h3-6,9H,7-8H2,1-2H3. The maximum Gasteiger partial charge on any atom is 0.307 e. The SMILES string of the molecule is COC(=O)CCN(C)c1nncc2ccccc12. The van der Waals surface area contributed by atoms with E-state index in [1.54, 1.807) is 6.20 Å². The third kappa shape index (κ3) is 2.56. The highest BCUT2D eigenvalue weighted by Gasteiger charge is 2.10. The summed E-state index contributed by atoms with van der Waals surface area (Å²) in [6.45, 7) is 0.551. The second-order valence-electron chi connectivity index (χ2n) is 4.00. The Morgan fingerprint density at radius 1 is 1.39 bits per heavy atom. The zero-order chi connectivity index (χ0) is 13.0. The van der Waals surface area contributed by atoms with E-state index in [0.29, 0.717) is 13.0 Å². The normalized spacial score (nSPS) is 10.3. The molecule has 0 aliphatic heterocycles. The molecule has 5 heteroatoms. The van der Waals surface area contributed by atoms with Crippen LogP contribution in [0.15, 0.2) is 30.5 Å². The quantitative estimate of drug-likeness (QED) is 0.766. The molecule has 1 aromatic carbocycles. The third-order valence-corrected chi connectivity index (χ3v) is 2.79. The van der Waals surface area contributed by atoms with Crippen LogP contribution in [0, 0.1) is 0 Å². The van der Waals surface area contributed by atoms with E-state index in [1.165, 1.54) is 7.11 Å². The fraction of sp³-hybridized carbons (Fsp3) is 0.308. The Bertz CT molecular complexity index is 551. The summed E-state index contributed by atoms with van der Waals surface area (Å²) in [6.07, 6.45) is 2.06. The number of nitrogens with zero attached hydrogens (tertiary/aromatic N) is 3. The molecule has 0 fully saturated rings. The number of carbonyl (C=O) groups is 1. The van der Waals surface area contributed by atoms with Crippen molar-refractivity contribution in [2.75, 3.05) is 25.6 Å². The molecule has 1 heterocycles. The van der Waals surface area contributed by atoms with Gasteiger partial charge in [-0.15, -0.1) is 5.10 Å². The third-order valence-electron chi connectivity index (χ3n) is 2.79. The van der Waals surface area contributed by atoms with Crippen molar-refractivity contribution in [3.8, 4) is 0 Å². The Labute approximate surface area is 105 Å². The number of ether oxygens (including phenoxy) is 1. The van der Waals surface area contributed by atoms with Crippen LogP contribution in [0.25, 0.3) is 10.8 Å². The Morgan fingerprint density at radius 2 is 2.17 bits per heavy atom. The molecule has 0 amide bonds. The molecule has 94 valence electrons. The molecule has 18 heavy (non-hydrogen) atoms. The Morgan fingerprint density at radius 3 is 2.94 bits per heavy atom. The van der Waals surface area contributed by atoms with Crippen LogP contribution in [0.4, 0.5) is 5.82 Å². The fourth-order valence-electron chi connectivity index (χ4n) is 1.76. The molecular weight excluding hydrogens is 230 g/mol. The molecule has 2 rings (SSSR count). The van der Waals surface area contributed by atoms with Crippen LogP contribution in [0.5, 0.6) is 0 Å². The number of rotatable bonds is 4. The largest absolute Gasteiger partial charge is 0.469 e. The molecule has 0 atom stereocenters. The molecule has 2 aromatic rings. The van der Waals surface area contributed by atoms with E-state index in [4.69, 9.17) is 0 Å². The Kier molecular flexibility index (Phi) is 3.72. The predicted octanol–water partition coefficient (Wildman–Crippen LogP) is 1.63. The molecule has 0 radical (unpaired) electrons. The number of hydrogen-bond acceptors (Lipinski definition) is 5. The van der Waals surface area contributed by atoms with E-state index in [-0.39, 0.29) is 5.97 Å². The molecule has 0 bridgehead atoms. The number of benzene rings is 1. The van der Waals surface area contributed by atoms with Crippen LogP contribution in [-0.4, -0.2) is 36.9 Å². The molecule has 0 spiro atoms. The number of fused-ring (bicyclic) bond motifs is 1. The van der Waals surface area contributed by atoms with E-state index in [0.717, 1.165) is 16.6 Å². The van der Waals surface area contributed by atoms with Crippen molar-refractivity contribution in [2.24, 2.45) is 0 Å². The predicted molar refractivity (Wildman–Crippen MR) is 69.4 cm³/mol. The van der Waals surface area contributed by atoms with Gasteiger partial charge in [-0.1, -0.05) is 24.3 Å². The van der Waals surface area contributed by atoms with E-state index >= 15 is 0 Å². The maximum absolute atomic E-state index is 11.1. The lowest BCUT2D eigenvalue weighted by Gasteiger charge is -2.18. The first-order valence-electron chi connectivity index (χ1n) is 5.70. The van der Waals surface area contributed by atoms with Gasteiger partial charge in [-0.3, -0.25) is 4.79 Å². The molecular formula is C13H15N3O2. The minimum absolute atomic E-state index is 0.227. The summed E-state index contributed by atoms with van der Waals surface area (Å²) in [7, 11) is 3.28. The zero-order valence-electron chi connectivity index (χ0n) is 10.5. The number of anilines is 1. The monoisotopic (exact) mass is 245 g/mol. The van der Waals surface area contributed by atoms with Gasteiger partial charge in [0.2, 0.25) is 0 Å². The lowest BCUT2D eigenvalue weighted by Crippen LogP contribution is -2.23. The van der Waals surface area contributed by atoms with E-state index in [9.17, 15) is 4.79 Å². The molecule has 0 aliphatic carbocycles. The van der Waals surface area contributed by atoms with Gasteiger partial charge in [0.25, 0.3) is 0 Å². The van der Waals surface area contributed by atoms with Crippen molar-refractivity contribution in [2.45, 2.75) is 6.42 Å². The van der Waals surface area contributed by atoms with Crippen molar-refractivity contribution in [3.05, 3.63) is 30.5 Å². The van der Waals surface area contributed by atoms with E-state index < -0.39 is 0 Å². The summed E-state index contributed by atoms with van der Waals surface area (Å²) in [5, 5.41) is 10.2. The summed E-state index contributed by atoms with van der Waals surface area (Å²) in [5.41, 5.74) is 0. The zero-order valence-corrected chi connectivity index (χ0v) is 10.5. The fourth-order valence-corrected chi connectivity index (χ4v) is 1.76. The average molecular weight is 245 g/mol. The van der Waals surface area contributed by atoms with Crippen molar-refractivity contribution in [1.29, 1.82) is 0 Å². The first kappa shape index (κ1) is 12.3. The van der Waals surface area contributed by atoms with Crippen LogP contribution in [0.3, 0.4) is 0 Å². The van der Waals surface area contributed by atoms with Gasteiger partial charge < -0.3 is 9.64 Å². The van der Waals surface area contributed by atoms with Crippen LogP contribution in [-0.2, 0) is 9.53 Å². The van der Waals surface area contributed by atoms with Gasteiger partial charge in [-0.05, 0) is 0 Å². The van der Waals surface area contributed by atoms with Gasteiger partial charge in [0.1, 0.15) is 0 Å². The van der Waals surface area contributed by atoms with E-state index in [1.807, 2.05) is 36.2 Å². The number of carbonyl (C=O) groups excluding carboxylic acids is 1. The van der Waals surface area contributed by atoms with Gasteiger partial charge in [0.05, 0.1) is 19.7 Å². The topological polar surface area (TPSA) is 55.3 Å². The molecule has 0 saturated heterocycles. The first-order chi connectivity index (χ1) is 8.72. The smallest absolute Gasteiger partial charge is 0.307 e. The van der Waals surface area contributed by atoms with Gasteiger partial charge >= 0.3 is 5.97 Å². The van der Waals surface area contributed by atoms with Gasteiger partial charge in [0, 0.05) is 24.4 Å². The maximum atomic E-state index is 11.1. The average Bonchev–Trinajstić information content (AvgIpc) is 2.43. The Hall–Kier alpha value is -2.17. The van der Waals surface area contributed by atoms with Crippen LogP contribution >= 0.6 is 0 Å².